The van der Waals surface area contributed by atoms with Gasteiger partial charge in [0.25, 0.3) is 5.91 Å². The van der Waals surface area contributed by atoms with Crippen LogP contribution in [0, 0.1) is 13.8 Å². The maximum atomic E-state index is 12.6. The number of hydrogen-bond donors (Lipinski definition) is 1. The lowest BCUT2D eigenvalue weighted by atomic mass is 10.0. The number of fused-ring (bicyclic) bond motifs is 1. The molecule has 1 amide bonds. The van der Waals surface area contributed by atoms with Gasteiger partial charge in [0.05, 0.1) is 5.39 Å². The molecular formula is C23H20N2O2. The van der Waals surface area contributed by atoms with Gasteiger partial charge in [0.2, 0.25) is 0 Å². The van der Waals surface area contributed by atoms with Crippen molar-refractivity contribution in [2.75, 3.05) is 0 Å². The maximum absolute atomic E-state index is 12.6. The van der Waals surface area contributed by atoms with Crippen molar-refractivity contribution < 1.29 is 9.32 Å². The van der Waals surface area contributed by atoms with E-state index >= 15 is 0 Å². The number of benzene rings is 3. The number of carbonyl (C=O) groups is 1. The van der Waals surface area contributed by atoms with Gasteiger partial charge in [-0.3, -0.25) is 4.79 Å². The van der Waals surface area contributed by atoms with Gasteiger partial charge in [-0.1, -0.05) is 64.8 Å². The molecule has 0 saturated heterocycles. The van der Waals surface area contributed by atoms with Crippen LogP contribution in [0.2, 0.25) is 0 Å². The van der Waals surface area contributed by atoms with Crippen molar-refractivity contribution in [1.29, 1.82) is 0 Å². The highest BCUT2D eigenvalue weighted by Gasteiger charge is 2.14. The highest BCUT2D eigenvalue weighted by molar-refractivity contribution is 6.00. The van der Waals surface area contributed by atoms with Crippen LogP contribution in [0.25, 0.3) is 22.2 Å². The minimum Gasteiger partial charge on any atom is -0.355 e. The van der Waals surface area contributed by atoms with Gasteiger partial charge in [-0.25, -0.2) is 0 Å². The highest BCUT2D eigenvalue weighted by atomic mass is 16.5. The molecule has 3 aromatic carbocycles. The summed E-state index contributed by atoms with van der Waals surface area (Å²) >= 11 is 0. The van der Waals surface area contributed by atoms with Gasteiger partial charge in [0.1, 0.15) is 5.52 Å². The molecule has 4 nitrogen and oxygen atoms in total. The second-order valence-electron chi connectivity index (χ2n) is 6.78. The topological polar surface area (TPSA) is 55.1 Å². The van der Waals surface area contributed by atoms with E-state index in [-0.39, 0.29) is 5.91 Å². The van der Waals surface area contributed by atoms with Crippen molar-refractivity contribution in [2.24, 2.45) is 0 Å². The van der Waals surface area contributed by atoms with Crippen molar-refractivity contribution in [2.45, 2.75) is 20.4 Å². The lowest BCUT2D eigenvalue weighted by Gasteiger charge is -2.06. The number of carbonyl (C=O) groups excluding carboxylic acids is 1. The molecule has 0 saturated carbocycles. The minimum absolute atomic E-state index is 0.117. The summed E-state index contributed by atoms with van der Waals surface area (Å²) in [6, 6.07) is 21.6. The smallest absolute Gasteiger partial charge is 0.251 e. The summed E-state index contributed by atoms with van der Waals surface area (Å²) in [6.45, 7) is 4.58. The predicted molar refractivity (Wildman–Crippen MR) is 107 cm³/mol. The summed E-state index contributed by atoms with van der Waals surface area (Å²) in [6.07, 6.45) is 0. The van der Waals surface area contributed by atoms with E-state index in [0.717, 1.165) is 22.0 Å². The maximum Gasteiger partial charge on any atom is 0.251 e. The molecule has 27 heavy (non-hydrogen) atoms. The van der Waals surface area contributed by atoms with E-state index in [9.17, 15) is 4.79 Å². The van der Waals surface area contributed by atoms with Crippen molar-refractivity contribution >= 4 is 16.8 Å². The average molecular weight is 356 g/mol. The largest absolute Gasteiger partial charge is 0.355 e. The molecule has 0 aliphatic heterocycles. The number of rotatable bonds is 4. The van der Waals surface area contributed by atoms with Crippen LogP contribution in [0.3, 0.4) is 0 Å². The average Bonchev–Trinajstić information content (AvgIpc) is 3.11. The van der Waals surface area contributed by atoms with E-state index in [4.69, 9.17) is 4.52 Å². The highest BCUT2D eigenvalue weighted by Crippen LogP contribution is 2.29. The summed E-state index contributed by atoms with van der Waals surface area (Å²) in [5, 5.41) is 7.92. The van der Waals surface area contributed by atoms with Crippen molar-refractivity contribution in [3.63, 3.8) is 0 Å². The zero-order valence-electron chi connectivity index (χ0n) is 15.3. The van der Waals surface area contributed by atoms with E-state index in [2.05, 4.69) is 10.5 Å². The quantitative estimate of drug-likeness (QED) is 0.557. The third kappa shape index (κ3) is 3.60. The standard InChI is InChI=1S/C23H20N2O2/c1-15-3-7-17(8-4-15)14-24-23(26)19-11-12-21-20(13-19)22(27-25-21)18-9-5-16(2)6-10-18/h3-13H,14H2,1-2H3,(H,24,26). The van der Waals surface area contributed by atoms with E-state index in [1.54, 1.807) is 6.07 Å². The Morgan fingerprint density at radius 3 is 2.30 bits per heavy atom. The molecule has 4 rings (SSSR count). The molecule has 0 aliphatic carbocycles. The number of nitrogens with zero attached hydrogens (tertiary/aromatic N) is 1. The molecule has 0 atom stereocenters. The van der Waals surface area contributed by atoms with Crippen LogP contribution in [0.1, 0.15) is 27.0 Å². The Balaban J connectivity index is 1.58. The van der Waals surface area contributed by atoms with Crippen molar-refractivity contribution in [1.82, 2.24) is 10.5 Å². The molecule has 0 unspecified atom stereocenters. The van der Waals surface area contributed by atoms with Gasteiger partial charge in [0, 0.05) is 17.7 Å². The minimum atomic E-state index is -0.117. The second-order valence-corrected chi connectivity index (χ2v) is 6.78. The monoisotopic (exact) mass is 356 g/mol. The van der Waals surface area contributed by atoms with Gasteiger partial charge in [-0.05, 0) is 37.6 Å². The zero-order valence-corrected chi connectivity index (χ0v) is 15.3. The Morgan fingerprint density at radius 2 is 1.59 bits per heavy atom. The van der Waals surface area contributed by atoms with Crippen LogP contribution in [0.4, 0.5) is 0 Å². The summed E-state index contributed by atoms with van der Waals surface area (Å²) in [5.74, 6) is 0.562. The molecule has 4 heteroatoms. The SMILES string of the molecule is Cc1ccc(CNC(=O)c2ccc3noc(-c4ccc(C)cc4)c3c2)cc1. The fourth-order valence-corrected chi connectivity index (χ4v) is 2.99. The molecular weight excluding hydrogens is 336 g/mol. The number of nitrogens with one attached hydrogen (secondary N) is 1. The lowest BCUT2D eigenvalue weighted by Crippen LogP contribution is -2.22. The first-order chi connectivity index (χ1) is 13.1. The molecule has 0 radical (unpaired) electrons. The summed E-state index contributed by atoms with van der Waals surface area (Å²) in [4.78, 5) is 12.6. The van der Waals surface area contributed by atoms with Crippen LogP contribution in [-0.2, 0) is 6.54 Å². The third-order valence-corrected chi connectivity index (χ3v) is 4.63. The number of aryl methyl sites for hydroxylation is 2. The van der Waals surface area contributed by atoms with Crippen LogP contribution in [-0.4, -0.2) is 11.1 Å². The van der Waals surface area contributed by atoms with E-state index in [1.807, 2.05) is 74.5 Å². The van der Waals surface area contributed by atoms with Crippen molar-refractivity contribution in [3.8, 4) is 11.3 Å². The van der Waals surface area contributed by atoms with Gasteiger partial charge >= 0.3 is 0 Å². The molecule has 0 bridgehead atoms. The molecule has 1 heterocycles. The normalized spacial score (nSPS) is 10.9. The first kappa shape index (κ1) is 17.0. The number of aromatic nitrogens is 1. The fraction of sp³-hybridized carbons (Fsp3) is 0.130. The Bertz CT molecular complexity index is 1090. The Hall–Kier alpha value is -3.40. The Morgan fingerprint density at radius 1 is 0.926 bits per heavy atom. The van der Waals surface area contributed by atoms with Gasteiger partial charge in [-0.15, -0.1) is 0 Å². The third-order valence-electron chi connectivity index (χ3n) is 4.63. The predicted octanol–water partition coefficient (Wildman–Crippen LogP) is 5.04. The molecule has 0 aliphatic rings. The summed E-state index contributed by atoms with van der Waals surface area (Å²) in [7, 11) is 0. The molecule has 0 spiro atoms. The molecule has 4 aromatic rings. The molecule has 134 valence electrons. The Kier molecular flexibility index (Phi) is 4.47. The fourth-order valence-electron chi connectivity index (χ4n) is 2.99. The number of amides is 1. The van der Waals surface area contributed by atoms with E-state index in [1.165, 1.54) is 11.1 Å². The van der Waals surface area contributed by atoms with Crippen LogP contribution >= 0.6 is 0 Å². The lowest BCUT2D eigenvalue weighted by molar-refractivity contribution is 0.0951. The molecule has 1 N–H and O–H groups in total. The van der Waals surface area contributed by atoms with Gasteiger partial charge < -0.3 is 9.84 Å². The van der Waals surface area contributed by atoms with Crippen LogP contribution in [0.15, 0.2) is 71.3 Å². The summed E-state index contributed by atoms with van der Waals surface area (Å²) < 4.78 is 5.53. The first-order valence-corrected chi connectivity index (χ1v) is 8.90. The molecule has 0 fully saturated rings. The van der Waals surface area contributed by atoms with Gasteiger partial charge in [0.15, 0.2) is 5.76 Å². The molecule has 1 aromatic heterocycles. The van der Waals surface area contributed by atoms with Crippen LogP contribution in [0.5, 0.6) is 0 Å². The second kappa shape index (κ2) is 7.08. The van der Waals surface area contributed by atoms with E-state index in [0.29, 0.717) is 17.9 Å². The van der Waals surface area contributed by atoms with Crippen molar-refractivity contribution in [3.05, 3.63) is 89.0 Å². The summed E-state index contributed by atoms with van der Waals surface area (Å²) in [5.41, 5.74) is 5.72. The Labute approximate surface area is 157 Å². The van der Waals surface area contributed by atoms with Crippen LogP contribution < -0.4 is 5.32 Å². The van der Waals surface area contributed by atoms with E-state index < -0.39 is 0 Å². The zero-order chi connectivity index (χ0) is 18.8. The van der Waals surface area contributed by atoms with Gasteiger partial charge in [-0.2, -0.15) is 0 Å². The first-order valence-electron chi connectivity index (χ1n) is 8.90. The number of hydrogen-bond acceptors (Lipinski definition) is 3.